The lowest BCUT2D eigenvalue weighted by Gasteiger charge is -2.16. The number of nitrogen functional groups attached to an aromatic ring is 1. The molecule has 0 bridgehead atoms. The Morgan fingerprint density at radius 1 is 1.00 bits per heavy atom. The molecule has 1 amide bonds. The number of carbonyl (C=O) groups is 1. The molecule has 0 radical (unpaired) electrons. The predicted molar refractivity (Wildman–Crippen MR) is 128 cm³/mol. The third-order valence-corrected chi connectivity index (χ3v) is 6.09. The lowest BCUT2D eigenvalue weighted by atomic mass is 10.1. The number of nitrogens with zero attached hydrogens (tertiary/aromatic N) is 4. The van der Waals surface area contributed by atoms with Crippen molar-refractivity contribution in [1.29, 1.82) is 0 Å². The van der Waals surface area contributed by atoms with E-state index in [0.29, 0.717) is 11.4 Å². The standard InChI is InChI=1S/C26H20N6O2/c27-24-23(25(33)30-20-10-7-15-4-1-2-6-18(15)20)31-21(22(32-24)26-29-12-13-34-26)17-8-9-19-16(14-17)5-3-11-28-19/h1-6,8-9,11-14,20H,7,10H2,(H2,27,32)(H,30,33)/t20-/m1/s1. The predicted octanol–water partition coefficient (Wildman–Crippen LogP) is 4.35. The number of benzene rings is 2. The minimum absolute atomic E-state index is 0.0168. The van der Waals surface area contributed by atoms with Gasteiger partial charge >= 0.3 is 0 Å². The molecule has 0 saturated carbocycles. The number of carbonyl (C=O) groups excluding carboxylic acids is 1. The smallest absolute Gasteiger partial charge is 0.274 e. The first-order chi connectivity index (χ1) is 16.7. The number of nitrogens with one attached hydrogen (secondary N) is 1. The second kappa shape index (κ2) is 8.08. The molecule has 0 saturated heterocycles. The Kier molecular flexibility index (Phi) is 4.76. The molecule has 1 aliphatic rings. The average Bonchev–Trinajstić information content (AvgIpc) is 3.54. The van der Waals surface area contributed by atoms with Gasteiger partial charge in [0, 0.05) is 17.1 Å². The number of hydrogen-bond donors (Lipinski definition) is 2. The second-order valence-corrected chi connectivity index (χ2v) is 8.17. The van der Waals surface area contributed by atoms with Gasteiger partial charge in [0.15, 0.2) is 17.2 Å². The molecule has 1 aliphatic carbocycles. The van der Waals surface area contributed by atoms with Gasteiger partial charge in [0.1, 0.15) is 12.0 Å². The molecule has 2 aromatic carbocycles. The Morgan fingerprint density at radius 3 is 2.79 bits per heavy atom. The largest absolute Gasteiger partial charge is 0.443 e. The maximum Gasteiger partial charge on any atom is 0.274 e. The van der Waals surface area contributed by atoms with E-state index in [2.05, 4.69) is 31.3 Å². The van der Waals surface area contributed by atoms with Crippen molar-refractivity contribution in [3.8, 4) is 22.8 Å². The average molecular weight is 448 g/mol. The van der Waals surface area contributed by atoms with Crippen LogP contribution >= 0.6 is 0 Å². The number of aryl methyl sites for hydroxylation is 1. The summed E-state index contributed by atoms with van der Waals surface area (Å²) in [6, 6.07) is 17.6. The van der Waals surface area contributed by atoms with E-state index in [1.165, 1.54) is 18.0 Å². The van der Waals surface area contributed by atoms with Crippen LogP contribution in [0.4, 0.5) is 5.82 Å². The zero-order valence-electron chi connectivity index (χ0n) is 18.1. The number of fused-ring (bicyclic) bond motifs is 2. The van der Waals surface area contributed by atoms with Gasteiger partial charge in [-0.3, -0.25) is 9.78 Å². The van der Waals surface area contributed by atoms with Gasteiger partial charge in [0.25, 0.3) is 5.91 Å². The molecule has 8 nitrogen and oxygen atoms in total. The quantitative estimate of drug-likeness (QED) is 0.419. The molecule has 3 N–H and O–H groups in total. The van der Waals surface area contributed by atoms with Crippen molar-refractivity contribution >= 4 is 22.6 Å². The Morgan fingerprint density at radius 2 is 1.91 bits per heavy atom. The van der Waals surface area contributed by atoms with Crippen LogP contribution in [-0.2, 0) is 6.42 Å². The number of amides is 1. The fourth-order valence-corrected chi connectivity index (χ4v) is 4.46. The molecule has 166 valence electrons. The summed E-state index contributed by atoms with van der Waals surface area (Å²) in [7, 11) is 0. The van der Waals surface area contributed by atoms with Crippen molar-refractivity contribution < 1.29 is 9.21 Å². The third-order valence-electron chi connectivity index (χ3n) is 6.09. The van der Waals surface area contributed by atoms with Gasteiger partial charge in [-0.1, -0.05) is 36.4 Å². The van der Waals surface area contributed by atoms with Crippen LogP contribution in [0.5, 0.6) is 0 Å². The SMILES string of the molecule is Nc1nc(-c2ncco2)c(-c2ccc3ncccc3c2)nc1C(=O)N[C@@H]1CCc2ccccc21. The van der Waals surface area contributed by atoms with E-state index < -0.39 is 0 Å². The molecule has 0 aliphatic heterocycles. The normalized spacial score (nSPS) is 14.8. The number of aromatic nitrogens is 4. The monoisotopic (exact) mass is 448 g/mol. The maximum atomic E-state index is 13.3. The first-order valence-electron chi connectivity index (χ1n) is 11.0. The molecular formula is C26H20N6O2. The summed E-state index contributed by atoms with van der Waals surface area (Å²) in [5.41, 5.74) is 11.1. The number of nitrogens with two attached hydrogens (primary N) is 1. The van der Waals surface area contributed by atoms with E-state index >= 15 is 0 Å². The lowest BCUT2D eigenvalue weighted by Crippen LogP contribution is -2.29. The molecule has 6 rings (SSSR count). The molecule has 34 heavy (non-hydrogen) atoms. The number of oxazole rings is 1. The number of rotatable bonds is 4. The maximum absolute atomic E-state index is 13.3. The second-order valence-electron chi connectivity index (χ2n) is 8.17. The Balaban J connectivity index is 1.43. The summed E-state index contributed by atoms with van der Waals surface area (Å²) in [5.74, 6) is -0.0743. The van der Waals surface area contributed by atoms with E-state index in [-0.39, 0.29) is 29.4 Å². The number of anilines is 1. The highest BCUT2D eigenvalue weighted by atomic mass is 16.3. The summed E-state index contributed by atoms with van der Waals surface area (Å²) in [5, 5.41) is 4.02. The summed E-state index contributed by atoms with van der Waals surface area (Å²) < 4.78 is 5.49. The highest BCUT2D eigenvalue weighted by Gasteiger charge is 2.27. The van der Waals surface area contributed by atoms with Crippen LogP contribution in [0, 0.1) is 0 Å². The highest BCUT2D eigenvalue weighted by molar-refractivity contribution is 5.98. The summed E-state index contributed by atoms with van der Waals surface area (Å²) in [6.07, 6.45) is 6.48. The van der Waals surface area contributed by atoms with Crippen molar-refractivity contribution in [3.05, 3.63) is 90.1 Å². The minimum Gasteiger partial charge on any atom is -0.443 e. The summed E-state index contributed by atoms with van der Waals surface area (Å²) >= 11 is 0. The Hall–Kier alpha value is -4.59. The Labute approximate surface area is 194 Å². The van der Waals surface area contributed by atoms with Crippen LogP contribution in [0.2, 0.25) is 0 Å². The van der Waals surface area contributed by atoms with Crippen LogP contribution < -0.4 is 11.1 Å². The third kappa shape index (κ3) is 3.45. The topological polar surface area (TPSA) is 120 Å². The van der Waals surface area contributed by atoms with Gasteiger partial charge in [0.05, 0.1) is 17.8 Å². The zero-order chi connectivity index (χ0) is 23.1. The van der Waals surface area contributed by atoms with Gasteiger partial charge in [-0.05, 0) is 42.2 Å². The van der Waals surface area contributed by atoms with Crippen molar-refractivity contribution in [2.45, 2.75) is 18.9 Å². The van der Waals surface area contributed by atoms with E-state index in [9.17, 15) is 4.79 Å². The van der Waals surface area contributed by atoms with E-state index in [0.717, 1.165) is 34.9 Å². The van der Waals surface area contributed by atoms with E-state index in [4.69, 9.17) is 10.2 Å². The van der Waals surface area contributed by atoms with Crippen LogP contribution in [0.3, 0.4) is 0 Å². The zero-order valence-corrected chi connectivity index (χ0v) is 18.1. The summed E-state index contributed by atoms with van der Waals surface area (Å²) in [6.45, 7) is 0. The van der Waals surface area contributed by atoms with Crippen LogP contribution in [0.1, 0.15) is 34.1 Å². The number of hydrogen-bond acceptors (Lipinski definition) is 7. The summed E-state index contributed by atoms with van der Waals surface area (Å²) in [4.78, 5) is 31.1. The molecule has 8 heteroatoms. The Bertz CT molecular complexity index is 1530. The minimum atomic E-state index is -0.366. The van der Waals surface area contributed by atoms with Crippen molar-refractivity contribution in [3.63, 3.8) is 0 Å². The van der Waals surface area contributed by atoms with Gasteiger partial charge in [-0.15, -0.1) is 0 Å². The van der Waals surface area contributed by atoms with E-state index in [1.807, 2.05) is 48.5 Å². The van der Waals surface area contributed by atoms with Gasteiger partial charge in [-0.25, -0.2) is 15.0 Å². The van der Waals surface area contributed by atoms with Crippen LogP contribution in [0.15, 0.2) is 77.7 Å². The van der Waals surface area contributed by atoms with Crippen LogP contribution in [0.25, 0.3) is 33.7 Å². The molecule has 5 aromatic rings. The molecular weight excluding hydrogens is 428 g/mol. The van der Waals surface area contributed by atoms with Gasteiger partial charge < -0.3 is 15.5 Å². The number of pyridine rings is 1. The first kappa shape index (κ1) is 20.0. The first-order valence-corrected chi connectivity index (χ1v) is 11.0. The molecule has 3 heterocycles. The van der Waals surface area contributed by atoms with Gasteiger partial charge in [0.2, 0.25) is 5.89 Å². The van der Waals surface area contributed by atoms with Crippen molar-refractivity contribution in [2.75, 3.05) is 5.73 Å². The van der Waals surface area contributed by atoms with E-state index in [1.54, 1.807) is 6.20 Å². The van der Waals surface area contributed by atoms with Crippen molar-refractivity contribution in [1.82, 2.24) is 25.3 Å². The molecule has 0 fully saturated rings. The fraction of sp³-hybridized carbons (Fsp3) is 0.115. The molecule has 0 spiro atoms. The van der Waals surface area contributed by atoms with Gasteiger partial charge in [-0.2, -0.15) is 0 Å². The molecule has 1 atom stereocenters. The molecule has 0 unspecified atom stereocenters. The molecule has 3 aromatic heterocycles. The lowest BCUT2D eigenvalue weighted by molar-refractivity contribution is 0.0932. The van der Waals surface area contributed by atoms with Crippen LogP contribution in [-0.4, -0.2) is 25.8 Å². The fourth-order valence-electron chi connectivity index (χ4n) is 4.46. The van der Waals surface area contributed by atoms with Crippen molar-refractivity contribution in [2.24, 2.45) is 0 Å². The highest BCUT2D eigenvalue weighted by Crippen LogP contribution is 2.33.